The standard InChI is InChI=1S/C16H18N2O3S/c1-3-18(10-9-13(19)20)16(21)14-11(2)17-15(22-14)12-7-5-4-6-8-12/h4-8H,3,9-10H2,1-2H3,(H,19,20). The van der Waals surface area contributed by atoms with E-state index in [-0.39, 0.29) is 18.9 Å². The maximum atomic E-state index is 12.6. The van der Waals surface area contributed by atoms with E-state index in [4.69, 9.17) is 5.11 Å². The van der Waals surface area contributed by atoms with Crippen molar-refractivity contribution in [2.24, 2.45) is 0 Å². The van der Waals surface area contributed by atoms with Crippen molar-refractivity contribution in [3.8, 4) is 10.6 Å². The Labute approximate surface area is 133 Å². The molecule has 1 heterocycles. The van der Waals surface area contributed by atoms with E-state index in [2.05, 4.69) is 4.98 Å². The van der Waals surface area contributed by atoms with Gasteiger partial charge in [0.25, 0.3) is 5.91 Å². The smallest absolute Gasteiger partial charge is 0.305 e. The Morgan fingerprint density at radius 3 is 2.55 bits per heavy atom. The average molecular weight is 318 g/mol. The summed E-state index contributed by atoms with van der Waals surface area (Å²) < 4.78 is 0. The lowest BCUT2D eigenvalue weighted by Crippen LogP contribution is -2.32. The molecule has 0 saturated heterocycles. The van der Waals surface area contributed by atoms with Gasteiger partial charge in [0.15, 0.2) is 0 Å². The molecule has 0 aliphatic carbocycles. The fraction of sp³-hybridized carbons (Fsp3) is 0.312. The minimum Gasteiger partial charge on any atom is -0.481 e. The number of carboxylic acid groups (broad SMARTS) is 1. The third-order valence-corrected chi connectivity index (χ3v) is 4.47. The number of aromatic nitrogens is 1. The number of carbonyl (C=O) groups is 2. The highest BCUT2D eigenvalue weighted by atomic mass is 32.1. The van der Waals surface area contributed by atoms with E-state index in [1.165, 1.54) is 11.3 Å². The van der Waals surface area contributed by atoms with Crippen LogP contribution >= 0.6 is 11.3 Å². The Balaban J connectivity index is 2.22. The molecule has 2 rings (SSSR count). The zero-order valence-electron chi connectivity index (χ0n) is 12.6. The molecular formula is C16H18N2O3S. The third-order valence-electron chi connectivity index (χ3n) is 3.28. The number of nitrogens with zero attached hydrogens (tertiary/aromatic N) is 2. The van der Waals surface area contributed by atoms with Crippen LogP contribution in [0.5, 0.6) is 0 Å². The second kappa shape index (κ2) is 7.17. The van der Waals surface area contributed by atoms with Gasteiger partial charge in [0.1, 0.15) is 9.88 Å². The number of benzene rings is 1. The first-order valence-corrected chi connectivity index (χ1v) is 7.88. The van der Waals surface area contributed by atoms with Gasteiger partial charge < -0.3 is 10.0 Å². The van der Waals surface area contributed by atoms with Crippen molar-refractivity contribution in [3.05, 3.63) is 40.9 Å². The lowest BCUT2D eigenvalue weighted by Gasteiger charge is -2.19. The van der Waals surface area contributed by atoms with Crippen molar-refractivity contribution in [2.45, 2.75) is 20.3 Å². The van der Waals surface area contributed by atoms with Crippen LogP contribution < -0.4 is 0 Å². The van der Waals surface area contributed by atoms with E-state index in [0.29, 0.717) is 17.1 Å². The van der Waals surface area contributed by atoms with Crippen LogP contribution in [0.1, 0.15) is 28.7 Å². The summed E-state index contributed by atoms with van der Waals surface area (Å²) in [6, 6.07) is 9.70. The number of thiazole rings is 1. The number of carboxylic acids is 1. The van der Waals surface area contributed by atoms with Crippen LogP contribution in [0.4, 0.5) is 0 Å². The fourth-order valence-corrected chi connectivity index (χ4v) is 3.12. The van der Waals surface area contributed by atoms with Crippen molar-refractivity contribution >= 4 is 23.2 Å². The van der Waals surface area contributed by atoms with E-state index in [9.17, 15) is 9.59 Å². The number of hydrogen-bond acceptors (Lipinski definition) is 4. The molecule has 5 nitrogen and oxygen atoms in total. The Morgan fingerprint density at radius 1 is 1.27 bits per heavy atom. The van der Waals surface area contributed by atoms with Crippen LogP contribution in [-0.2, 0) is 4.79 Å². The Morgan fingerprint density at radius 2 is 1.95 bits per heavy atom. The highest BCUT2D eigenvalue weighted by molar-refractivity contribution is 7.17. The summed E-state index contributed by atoms with van der Waals surface area (Å²) in [4.78, 5) is 29.8. The maximum Gasteiger partial charge on any atom is 0.305 e. The molecule has 0 unspecified atom stereocenters. The first-order chi connectivity index (χ1) is 10.5. The summed E-state index contributed by atoms with van der Waals surface area (Å²) in [6.07, 6.45) is -0.0526. The highest BCUT2D eigenvalue weighted by Gasteiger charge is 2.21. The molecule has 1 amide bonds. The Hall–Kier alpha value is -2.21. The molecule has 6 heteroatoms. The second-order valence-corrected chi connectivity index (χ2v) is 5.83. The minimum atomic E-state index is -0.905. The largest absolute Gasteiger partial charge is 0.481 e. The minimum absolute atomic E-state index is 0.0526. The van der Waals surface area contributed by atoms with Gasteiger partial charge in [-0.1, -0.05) is 30.3 Å². The molecule has 22 heavy (non-hydrogen) atoms. The third kappa shape index (κ3) is 3.71. The summed E-state index contributed by atoms with van der Waals surface area (Å²) in [5.41, 5.74) is 1.66. The van der Waals surface area contributed by atoms with Gasteiger partial charge in [-0.15, -0.1) is 11.3 Å². The van der Waals surface area contributed by atoms with Crippen LogP contribution in [-0.4, -0.2) is 40.0 Å². The van der Waals surface area contributed by atoms with Gasteiger partial charge in [-0.3, -0.25) is 9.59 Å². The number of aryl methyl sites for hydroxylation is 1. The van der Waals surface area contributed by atoms with Gasteiger partial charge in [-0.2, -0.15) is 0 Å². The maximum absolute atomic E-state index is 12.6. The summed E-state index contributed by atoms with van der Waals surface area (Å²) in [5, 5.41) is 9.57. The number of hydrogen-bond donors (Lipinski definition) is 1. The topological polar surface area (TPSA) is 70.5 Å². The van der Waals surface area contributed by atoms with Crippen molar-refractivity contribution in [1.29, 1.82) is 0 Å². The summed E-state index contributed by atoms with van der Waals surface area (Å²) in [7, 11) is 0. The zero-order chi connectivity index (χ0) is 16.1. The molecule has 116 valence electrons. The first-order valence-electron chi connectivity index (χ1n) is 7.06. The normalized spacial score (nSPS) is 10.5. The van der Waals surface area contributed by atoms with Crippen LogP contribution in [0, 0.1) is 6.92 Å². The van der Waals surface area contributed by atoms with E-state index in [1.807, 2.05) is 37.3 Å². The number of aliphatic carboxylic acids is 1. The SMILES string of the molecule is CCN(CCC(=O)O)C(=O)c1sc(-c2ccccc2)nc1C. The monoisotopic (exact) mass is 318 g/mol. The second-order valence-electron chi connectivity index (χ2n) is 4.83. The summed E-state index contributed by atoms with van der Waals surface area (Å²) in [6.45, 7) is 4.34. The molecule has 0 aliphatic heterocycles. The quantitative estimate of drug-likeness (QED) is 0.888. The molecule has 2 aromatic rings. The van der Waals surface area contributed by atoms with Gasteiger partial charge in [0.2, 0.25) is 0 Å². The van der Waals surface area contributed by atoms with Crippen molar-refractivity contribution < 1.29 is 14.7 Å². The molecule has 1 N–H and O–H groups in total. The molecule has 0 aliphatic rings. The van der Waals surface area contributed by atoms with Crippen LogP contribution in [0.25, 0.3) is 10.6 Å². The van der Waals surface area contributed by atoms with E-state index < -0.39 is 5.97 Å². The number of amides is 1. The molecular weight excluding hydrogens is 300 g/mol. The van der Waals surface area contributed by atoms with Gasteiger partial charge in [-0.05, 0) is 13.8 Å². The van der Waals surface area contributed by atoms with Crippen molar-refractivity contribution in [1.82, 2.24) is 9.88 Å². The molecule has 0 atom stereocenters. The lowest BCUT2D eigenvalue weighted by molar-refractivity contribution is -0.137. The summed E-state index contributed by atoms with van der Waals surface area (Å²) >= 11 is 1.35. The van der Waals surface area contributed by atoms with Gasteiger partial charge >= 0.3 is 5.97 Å². The van der Waals surface area contributed by atoms with E-state index in [0.717, 1.165) is 10.6 Å². The van der Waals surface area contributed by atoms with Crippen LogP contribution in [0.2, 0.25) is 0 Å². The van der Waals surface area contributed by atoms with Gasteiger partial charge in [0, 0.05) is 18.7 Å². The van der Waals surface area contributed by atoms with Crippen LogP contribution in [0.15, 0.2) is 30.3 Å². The molecule has 1 aromatic carbocycles. The zero-order valence-corrected chi connectivity index (χ0v) is 13.4. The van der Waals surface area contributed by atoms with Gasteiger partial charge in [-0.25, -0.2) is 4.98 Å². The van der Waals surface area contributed by atoms with E-state index >= 15 is 0 Å². The predicted molar refractivity (Wildman–Crippen MR) is 86.1 cm³/mol. The highest BCUT2D eigenvalue weighted by Crippen LogP contribution is 2.28. The van der Waals surface area contributed by atoms with Crippen molar-refractivity contribution in [3.63, 3.8) is 0 Å². The van der Waals surface area contributed by atoms with Gasteiger partial charge in [0.05, 0.1) is 12.1 Å². The lowest BCUT2D eigenvalue weighted by atomic mass is 10.2. The molecule has 0 fully saturated rings. The van der Waals surface area contributed by atoms with Crippen molar-refractivity contribution in [2.75, 3.05) is 13.1 Å². The molecule has 1 aromatic heterocycles. The molecule has 0 saturated carbocycles. The predicted octanol–water partition coefficient (Wildman–Crippen LogP) is 3.06. The number of carbonyl (C=O) groups excluding carboxylic acids is 1. The Kier molecular flexibility index (Phi) is 5.27. The molecule has 0 spiro atoms. The number of rotatable bonds is 6. The average Bonchev–Trinajstić information content (AvgIpc) is 2.90. The molecule has 0 radical (unpaired) electrons. The Bertz CT molecular complexity index is 667. The first kappa shape index (κ1) is 16.2. The molecule has 0 bridgehead atoms. The summed E-state index contributed by atoms with van der Waals surface area (Å²) in [5.74, 6) is -1.06. The van der Waals surface area contributed by atoms with E-state index in [1.54, 1.807) is 11.8 Å². The van der Waals surface area contributed by atoms with Crippen LogP contribution in [0.3, 0.4) is 0 Å². The fourth-order valence-electron chi connectivity index (χ4n) is 2.08.